The van der Waals surface area contributed by atoms with E-state index in [0.717, 1.165) is 25.2 Å². The van der Waals surface area contributed by atoms with Gasteiger partial charge in [-0.1, -0.05) is 37.0 Å². The van der Waals surface area contributed by atoms with Gasteiger partial charge in [-0.2, -0.15) is 0 Å². The average molecular weight is 242 g/mol. The van der Waals surface area contributed by atoms with Gasteiger partial charge < -0.3 is 5.32 Å². The molecule has 1 saturated heterocycles. The summed E-state index contributed by atoms with van der Waals surface area (Å²) in [4.78, 5) is 2.47. The summed E-state index contributed by atoms with van der Waals surface area (Å²) >= 11 is 0. The quantitative estimate of drug-likeness (QED) is 0.817. The molecule has 1 aliphatic heterocycles. The molecule has 1 N–H and O–H groups in total. The van der Waals surface area contributed by atoms with Crippen molar-refractivity contribution in [3.05, 3.63) is 35.9 Å². The molecule has 18 heavy (non-hydrogen) atoms. The zero-order chi connectivity index (χ0) is 12.6. The Labute approximate surface area is 110 Å². The maximum Gasteiger partial charge on any atom is 0.0608 e. The largest absolute Gasteiger partial charge is 0.315 e. The van der Waals surface area contributed by atoms with Crippen LogP contribution in [0, 0.1) is 11.8 Å². The van der Waals surface area contributed by atoms with Crippen molar-refractivity contribution in [2.45, 2.75) is 25.8 Å². The molecule has 1 aliphatic rings. The van der Waals surface area contributed by atoms with Crippen LogP contribution in [0.3, 0.4) is 0 Å². The second-order valence-electron chi connectivity index (χ2n) is 4.73. The van der Waals surface area contributed by atoms with E-state index in [-0.39, 0.29) is 0 Å². The SMILES string of the molecule is CCN(CC#Cc1ccccc1)C1CCCNC1. The van der Waals surface area contributed by atoms with E-state index in [2.05, 4.69) is 41.1 Å². The van der Waals surface area contributed by atoms with Crippen molar-refractivity contribution in [1.82, 2.24) is 10.2 Å². The first-order valence-electron chi connectivity index (χ1n) is 6.89. The summed E-state index contributed by atoms with van der Waals surface area (Å²) in [6.07, 6.45) is 2.58. The molecule has 2 heteroatoms. The summed E-state index contributed by atoms with van der Waals surface area (Å²) in [6.45, 7) is 6.46. The lowest BCUT2D eigenvalue weighted by Crippen LogP contribution is -2.46. The summed E-state index contributed by atoms with van der Waals surface area (Å²) in [5.74, 6) is 6.53. The summed E-state index contributed by atoms with van der Waals surface area (Å²) in [6, 6.07) is 10.9. The summed E-state index contributed by atoms with van der Waals surface area (Å²) < 4.78 is 0. The van der Waals surface area contributed by atoms with Gasteiger partial charge in [0.2, 0.25) is 0 Å². The summed E-state index contributed by atoms with van der Waals surface area (Å²) in [5, 5.41) is 3.47. The Kier molecular flexibility index (Phi) is 5.26. The summed E-state index contributed by atoms with van der Waals surface area (Å²) in [7, 11) is 0. The van der Waals surface area contributed by atoms with Gasteiger partial charge in [-0.3, -0.25) is 4.90 Å². The van der Waals surface area contributed by atoms with Crippen LogP contribution in [-0.4, -0.2) is 37.1 Å². The Morgan fingerprint density at radius 3 is 2.83 bits per heavy atom. The van der Waals surface area contributed by atoms with E-state index in [1.54, 1.807) is 0 Å². The van der Waals surface area contributed by atoms with Crippen molar-refractivity contribution in [3.8, 4) is 11.8 Å². The van der Waals surface area contributed by atoms with Crippen LogP contribution < -0.4 is 5.32 Å². The first-order valence-corrected chi connectivity index (χ1v) is 6.89. The molecular weight excluding hydrogens is 220 g/mol. The number of nitrogens with one attached hydrogen (secondary N) is 1. The second-order valence-corrected chi connectivity index (χ2v) is 4.73. The number of nitrogens with zero attached hydrogens (tertiary/aromatic N) is 1. The Morgan fingerprint density at radius 2 is 2.17 bits per heavy atom. The van der Waals surface area contributed by atoms with Gasteiger partial charge in [-0.15, -0.1) is 0 Å². The van der Waals surface area contributed by atoms with E-state index in [4.69, 9.17) is 0 Å². The van der Waals surface area contributed by atoms with Crippen molar-refractivity contribution in [3.63, 3.8) is 0 Å². The minimum Gasteiger partial charge on any atom is -0.315 e. The minimum atomic E-state index is 0.661. The van der Waals surface area contributed by atoms with Crippen molar-refractivity contribution < 1.29 is 0 Å². The maximum atomic E-state index is 3.47. The van der Waals surface area contributed by atoms with Crippen LogP contribution in [0.1, 0.15) is 25.3 Å². The Hall–Kier alpha value is -1.30. The minimum absolute atomic E-state index is 0.661. The molecule has 1 unspecified atom stereocenters. The lowest BCUT2D eigenvalue weighted by molar-refractivity contribution is 0.194. The third-order valence-corrected chi connectivity index (χ3v) is 3.48. The second kappa shape index (κ2) is 7.20. The Morgan fingerprint density at radius 1 is 1.33 bits per heavy atom. The van der Waals surface area contributed by atoms with Crippen molar-refractivity contribution >= 4 is 0 Å². The van der Waals surface area contributed by atoms with Crippen molar-refractivity contribution in [2.75, 3.05) is 26.2 Å². The molecule has 0 aliphatic carbocycles. The maximum absolute atomic E-state index is 3.47. The highest BCUT2D eigenvalue weighted by Gasteiger charge is 2.18. The Balaban J connectivity index is 1.89. The molecule has 1 fully saturated rings. The molecule has 96 valence electrons. The van der Waals surface area contributed by atoms with E-state index < -0.39 is 0 Å². The molecule has 2 nitrogen and oxygen atoms in total. The van der Waals surface area contributed by atoms with Crippen molar-refractivity contribution in [2.24, 2.45) is 0 Å². The number of hydrogen-bond donors (Lipinski definition) is 1. The van der Waals surface area contributed by atoms with Gasteiger partial charge in [0.25, 0.3) is 0 Å². The molecule has 0 radical (unpaired) electrons. The molecule has 0 bridgehead atoms. The first-order chi connectivity index (χ1) is 8.90. The van der Waals surface area contributed by atoms with Crippen LogP contribution in [0.25, 0.3) is 0 Å². The van der Waals surface area contributed by atoms with Crippen LogP contribution in [-0.2, 0) is 0 Å². The van der Waals surface area contributed by atoms with Crippen LogP contribution >= 0.6 is 0 Å². The fraction of sp³-hybridized carbons (Fsp3) is 0.500. The smallest absolute Gasteiger partial charge is 0.0608 e. The number of benzene rings is 1. The molecule has 1 heterocycles. The van der Waals surface area contributed by atoms with Gasteiger partial charge in [0.1, 0.15) is 0 Å². The van der Waals surface area contributed by atoms with Gasteiger partial charge in [0.15, 0.2) is 0 Å². The number of likely N-dealkylation sites (N-methyl/N-ethyl adjacent to an activating group) is 1. The molecule has 1 aromatic carbocycles. The zero-order valence-corrected chi connectivity index (χ0v) is 11.2. The van der Waals surface area contributed by atoms with Gasteiger partial charge in [-0.05, 0) is 38.1 Å². The zero-order valence-electron chi connectivity index (χ0n) is 11.2. The normalized spacial score (nSPS) is 19.3. The fourth-order valence-electron chi connectivity index (χ4n) is 2.41. The number of hydrogen-bond acceptors (Lipinski definition) is 2. The lowest BCUT2D eigenvalue weighted by atomic mass is 10.1. The topological polar surface area (TPSA) is 15.3 Å². The molecule has 1 atom stereocenters. The molecule has 1 aromatic rings. The van der Waals surface area contributed by atoms with Gasteiger partial charge in [0, 0.05) is 18.2 Å². The highest BCUT2D eigenvalue weighted by atomic mass is 15.2. The molecule has 0 aromatic heterocycles. The molecule has 0 spiro atoms. The molecular formula is C16H22N2. The summed E-state index contributed by atoms with van der Waals surface area (Å²) in [5.41, 5.74) is 1.11. The highest BCUT2D eigenvalue weighted by molar-refractivity contribution is 5.33. The van der Waals surface area contributed by atoms with E-state index in [1.807, 2.05) is 18.2 Å². The van der Waals surface area contributed by atoms with Crippen LogP contribution in [0.5, 0.6) is 0 Å². The average Bonchev–Trinajstić information content (AvgIpc) is 2.46. The van der Waals surface area contributed by atoms with Gasteiger partial charge in [0.05, 0.1) is 6.54 Å². The van der Waals surface area contributed by atoms with E-state index in [9.17, 15) is 0 Å². The molecule has 0 amide bonds. The third-order valence-electron chi connectivity index (χ3n) is 3.48. The van der Waals surface area contributed by atoms with E-state index in [1.165, 1.54) is 19.4 Å². The predicted molar refractivity (Wildman–Crippen MR) is 76.5 cm³/mol. The fourth-order valence-corrected chi connectivity index (χ4v) is 2.41. The van der Waals surface area contributed by atoms with E-state index >= 15 is 0 Å². The predicted octanol–water partition coefficient (Wildman–Crippen LogP) is 2.11. The van der Waals surface area contributed by atoms with E-state index in [0.29, 0.717) is 6.04 Å². The number of piperidine rings is 1. The van der Waals surface area contributed by atoms with Crippen LogP contribution in [0.2, 0.25) is 0 Å². The Bertz CT molecular complexity index is 396. The molecule has 2 rings (SSSR count). The van der Waals surface area contributed by atoms with Crippen molar-refractivity contribution in [1.29, 1.82) is 0 Å². The monoisotopic (exact) mass is 242 g/mol. The van der Waals surface area contributed by atoms with Crippen LogP contribution in [0.4, 0.5) is 0 Å². The molecule has 0 saturated carbocycles. The highest BCUT2D eigenvalue weighted by Crippen LogP contribution is 2.09. The first kappa shape index (κ1) is 13.1. The number of rotatable bonds is 3. The lowest BCUT2D eigenvalue weighted by Gasteiger charge is -2.32. The third kappa shape index (κ3) is 3.87. The van der Waals surface area contributed by atoms with Gasteiger partial charge >= 0.3 is 0 Å². The standard InChI is InChI=1S/C16H22N2/c1-2-18(16-11-6-12-17-14-16)13-7-10-15-8-4-3-5-9-15/h3-5,8-9,16-17H,2,6,11-14H2,1H3. The van der Waals surface area contributed by atoms with Gasteiger partial charge in [-0.25, -0.2) is 0 Å². The van der Waals surface area contributed by atoms with Crippen LogP contribution in [0.15, 0.2) is 30.3 Å².